The number of carbonyl (C=O) groups is 1. The molecule has 1 amide bonds. The van der Waals surface area contributed by atoms with Crippen molar-refractivity contribution in [1.29, 1.82) is 0 Å². The summed E-state index contributed by atoms with van der Waals surface area (Å²) in [6, 6.07) is 0. The number of nitrogens with one attached hydrogen (secondary N) is 1. The maximum atomic E-state index is 11.1. The van der Waals surface area contributed by atoms with Crippen molar-refractivity contribution in [2.24, 2.45) is 0 Å². The van der Waals surface area contributed by atoms with E-state index in [1.165, 1.54) is 0 Å². The Morgan fingerprint density at radius 2 is 2.08 bits per heavy atom. The zero-order valence-electron chi connectivity index (χ0n) is 9.14. The zero-order chi connectivity index (χ0) is 10.3. The molecule has 13 heavy (non-hydrogen) atoms. The molecular formula is C10H21NO2. The summed E-state index contributed by atoms with van der Waals surface area (Å²) >= 11 is 0. The second kappa shape index (κ2) is 5.97. The summed E-state index contributed by atoms with van der Waals surface area (Å²) in [6.45, 7) is 6.74. The molecule has 3 nitrogen and oxygen atoms in total. The Balaban J connectivity index is 3.72. The van der Waals surface area contributed by atoms with E-state index in [1.807, 2.05) is 13.8 Å². The lowest BCUT2D eigenvalue weighted by Gasteiger charge is -2.24. The summed E-state index contributed by atoms with van der Waals surface area (Å²) < 4.78 is 5.58. The summed E-state index contributed by atoms with van der Waals surface area (Å²) in [4.78, 5) is 11.1. The molecule has 0 aromatic carbocycles. The molecule has 0 aromatic heterocycles. The molecule has 78 valence electrons. The SMILES string of the molecule is CCCCOC(C)(C)CC(=O)NC. The third-order valence-corrected chi connectivity index (χ3v) is 1.86. The van der Waals surface area contributed by atoms with Gasteiger partial charge in [0, 0.05) is 13.7 Å². The van der Waals surface area contributed by atoms with Gasteiger partial charge in [0.15, 0.2) is 0 Å². The predicted molar refractivity (Wildman–Crippen MR) is 53.6 cm³/mol. The van der Waals surface area contributed by atoms with Gasteiger partial charge in [-0.2, -0.15) is 0 Å². The van der Waals surface area contributed by atoms with Crippen LogP contribution in [0.5, 0.6) is 0 Å². The number of unbranched alkanes of at least 4 members (excludes halogenated alkanes) is 1. The average molecular weight is 187 g/mol. The highest BCUT2D eigenvalue weighted by Gasteiger charge is 2.21. The standard InChI is InChI=1S/C10H21NO2/c1-5-6-7-13-10(2,3)8-9(12)11-4/h5-8H2,1-4H3,(H,11,12). The first-order valence-electron chi connectivity index (χ1n) is 4.86. The Morgan fingerprint density at radius 3 is 2.54 bits per heavy atom. The fourth-order valence-electron chi connectivity index (χ4n) is 1.02. The van der Waals surface area contributed by atoms with E-state index in [1.54, 1.807) is 7.05 Å². The van der Waals surface area contributed by atoms with Gasteiger partial charge in [0.25, 0.3) is 0 Å². The third kappa shape index (κ3) is 6.58. The van der Waals surface area contributed by atoms with Crippen LogP contribution in [0.3, 0.4) is 0 Å². The van der Waals surface area contributed by atoms with Gasteiger partial charge < -0.3 is 10.1 Å². The van der Waals surface area contributed by atoms with Gasteiger partial charge in [0.2, 0.25) is 5.91 Å². The number of hydrogen-bond acceptors (Lipinski definition) is 2. The lowest BCUT2D eigenvalue weighted by molar-refractivity contribution is -0.127. The van der Waals surface area contributed by atoms with Crippen molar-refractivity contribution in [3.8, 4) is 0 Å². The molecule has 0 aliphatic carbocycles. The van der Waals surface area contributed by atoms with Crippen LogP contribution in [0.25, 0.3) is 0 Å². The van der Waals surface area contributed by atoms with E-state index >= 15 is 0 Å². The van der Waals surface area contributed by atoms with Crippen molar-refractivity contribution in [2.75, 3.05) is 13.7 Å². The van der Waals surface area contributed by atoms with Crippen LogP contribution in [-0.4, -0.2) is 25.2 Å². The van der Waals surface area contributed by atoms with Crippen molar-refractivity contribution in [3.05, 3.63) is 0 Å². The largest absolute Gasteiger partial charge is 0.375 e. The Labute approximate surface area is 80.8 Å². The molecule has 0 saturated heterocycles. The Kier molecular flexibility index (Phi) is 5.71. The molecule has 0 aliphatic heterocycles. The number of amides is 1. The third-order valence-electron chi connectivity index (χ3n) is 1.86. The van der Waals surface area contributed by atoms with Crippen molar-refractivity contribution in [3.63, 3.8) is 0 Å². The van der Waals surface area contributed by atoms with Gasteiger partial charge in [-0.1, -0.05) is 13.3 Å². The van der Waals surface area contributed by atoms with Crippen LogP contribution in [0.1, 0.15) is 40.0 Å². The summed E-state index contributed by atoms with van der Waals surface area (Å²) in [5.74, 6) is 0.0292. The van der Waals surface area contributed by atoms with E-state index in [0.29, 0.717) is 6.42 Å². The molecular weight excluding hydrogens is 166 g/mol. The fraction of sp³-hybridized carbons (Fsp3) is 0.900. The summed E-state index contributed by atoms with van der Waals surface area (Å²) in [5, 5.41) is 2.59. The molecule has 1 N–H and O–H groups in total. The lowest BCUT2D eigenvalue weighted by atomic mass is 10.0. The van der Waals surface area contributed by atoms with Gasteiger partial charge >= 0.3 is 0 Å². The summed E-state index contributed by atoms with van der Waals surface area (Å²) in [5.41, 5.74) is -0.338. The Hall–Kier alpha value is -0.570. The quantitative estimate of drug-likeness (QED) is 0.643. The molecule has 0 aromatic rings. The number of hydrogen-bond donors (Lipinski definition) is 1. The van der Waals surface area contributed by atoms with E-state index in [4.69, 9.17) is 4.74 Å². The molecule has 0 atom stereocenters. The van der Waals surface area contributed by atoms with Crippen LogP contribution in [-0.2, 0) is 9.53 Å². The lowest BCUT2D eigenvalue weighted by Crippen LogP contribution is -2.33. The molecule has 0 bridgehead atoms. The molecule has 0 aliphatic rings. The zero-order valence-corrected chi connectivity index (χ0v) is 9.14. The second-order valence-corrected chi connectivity index (χ2v) is 3.81. The molecule has 0 heterocycles. The van der Waals surface area contributed by atoms with E-state index in [-0.39, 0.29) is 11.5 Å². The van der Waals surface area contributed by atoms with Gasteiger partial charge in [0.05, 0.1) is 12.0 Å². The smallest absolute Gasteiger partial charge is 0.222 e. The van der Waals surface area contributed by atoms with Crippen molar-refractivity contribution in [2.45, 2.75) is 45.6 Å². The number of ether oxygens (including phenoxy) is 1. The van der Waals surface area contributed by atoms with Crippen LogP contribution in [0, 0.1) is 0 Å². The van der Waals surface area contributed by atoms with Crippen LogP contribution in [0.15, 0.2) is 0 Å². The molecule has 0 fully saturated rings. The summed E-state index contributed by atoms with van der Waals surface area (Å²) in [6.07, 6.45) is 2.60. The molecule has 3 heteroatoms. The Morgan fingerprint density at radius 1 is 1.46 bits per heavy atom. The molecule has 0 spiro atoms. The molecule has 0 saturated carbocycles. The topological polar surface area (TPSA) is 38.3 Å². The minimum atomic E-state index is -0.338. The van der Waals surface area contributed by atoms with Gasteiger partial charge in [-0.05, 0) is 20.3 Å². The molecule has 0 unspecified atom stereocenters. The maximum Gasteiger partial charge on any atom is 0.222 e. The minimum Gasteiger partial charge on any atom is -0.375 e. The number of rotatable bonds is 6. The first kappa shape index (κ1) is 12.4. The summed E-state index contributed by atoms with van der Waals surface area (Å²) in [7, 11) is 1.64. The average Bonchev–Trinajstić information content (AvgIpc) is 2.03. The monoisotopic (exact) mass is 187 g/mol. The minimum absolute atomic E-state index is 0.0292. The highest BCUT2D eigenvalue weighted by Crippen LogP contribution is 2.14. The van der Waals surface area contributed by atoms with Gasteiger partial charge in [-0.25, -0.2) is 0 Å². The van der Waals surface area contributed by atoms with E-state index < -0.39 is 0 Å². The van der Waals surface area contributed by atoms with Crippen molar-refractivity contribution >= 4 is 5.91 Å². The van der Waals surface area contributed by atoms with Crippen LogP contribution in [0.2, 0.25) is 0 Å². The van der Waals surface area contributed by atoms with Crippen LogP contribution >= 0.6 is 0 Å². The maximum absolute atomic E-state index is 11.1. The van der Waals surface area contributed by atoms with Gasteiger partial charge in [0.1, 0.15) is 0 Å². The van der Waals surface area contributed by atoms with Gasteiger partial charge in [-0.15, -0.1) is 0 Å². The predicted octanol–water partition coefficient (Wildman–Crippen LogP) is 1.72. The van der Waals surface area contributed by atoms with Gasteiger partial charge in [-0.3, -0.25) is 4.79 Å². The van der Waals surface area contributed by atoms with E-state index in [9.17, 15) is 4.79 Å². The van der Waals surface area contributed by atoms with Crippen LogP contribution < -0.4 is 5.32 Å². The fourth-order valence-corrected chi connectivity index (χ4v) is 1.02. The van der Waals surface area contributed by atoms with Crippen LogP contribution in [0.4, 0.5) is 0 Å². The highest BCUT2D eigenvalue weighted by atomic mass is 16.5. The van der Waals surface area contributed by atoms with E-state index in [0.717, 1.165) is 19.4 Å². The van der Waals surface area contributed by atoms with Crippen molar-refractivity contribution in [1.82, 2.24) is 5.32 Å². The first-order valence-corrected chi connectivity index (χ1v) is 4.86. The van der Waals surface area contributed by atoms with E-state index in [2.05, 4.69) is 12.2 Å². The highest BCUT2D eigenvalue weighted by molar-refractivity contribution is 5.76. The molecule has 0 radical (unpaired) electrons. The first-order chi connectivity index (χ1) is 6.02. The second-order valence-electron chi connectivity index (χ2n) is 3.81. The number of carbonyl (C=O) groups excluding carboxylic acids is 1. The molecule has 0 rings (SSSR count). The normalized spacial score (nSPS) is 11.4. The van der Waals surface area contributed by atoms with Crippen molar-refractivity contribution < 1.29 is 9.53 Å². The Bertz CT molecular complexity index is 155.